The minimum atomic E-state index is 0.231. The molecule has 0 aromatic heterocycles. The smallest absolute Gasteiger partial charge is 0.0491 e. The van der Waals surface area contributed by atoms with E-state index in [2.05, 4.69) is 11.4 Å². The summed E-state index contributed by atoms with van der Waals surface area (Å²) >= 11 is 0. The van der Waals surface area contributed by atoms with Crippen molar-refractivity contribution < 1.29 is 5.11 Å². The Hall–Kier alpha value is -0.760. The first-order chi connectivity index (χ1) is 5.24. The first-order valence-corrected chi connectivity index (χ1v) is 3.96. The third-order valence-electron chi connectivity index (χ3n) is 1.96. The molecule has 0 fully saturated rings. The minimum Gasteiger partial charge on any atom is -0.396 e. The minimum absolute atomic E-state index is 0.231. The molecule has 0 bridgehead atoms. The van der Waals surface area contributed by atoms with Gasteiger partial charge in [0.25, 0.3) is 0 Å². The van der Waals surface area contributed by atoms with Crippen molar-refractivity contribution >= 4 is 0 Å². The van der Waals surface area contributed by atoms with Gasteiger partial charge in [-0.25, -0.2) is 0 Å². The van der Waals surface area contributed by atoms with Crippen LogP contribution in [0.2, 0.25) is 0 Å². The Bertz CT molecular complexity index is 184. The molecule has 0 saturated carbocycles. The number of nitrogens with one attached hydrogen (secondary N) is 1. The fraction of sp³-hybridized carbons (Fsp3) is 0.556. The maximum absolute atomic E-state index is 8.88. The molecule has 1 aliphatic heterocycles. The van der Waals surface area contributed by atoms with Crippen LogP contribution in [0.25, 0.3) is 0 Å². The third-order valence-corrected chi connectivity index (χ3v) is 1.96. The Morgan fingerprint density at radius 2 is 2.45 bits per heavy atom. The van der Waals surface area contributed by atoms with Crippen LogP contribution in [0.4, 0.5) is 0 Å². The molecule has 1 rings (SSSR count). The molecule has 11 heavy (non-hydrogen) atoms. The largest absolute Gasteiger partial charge is 0.396 e. The fourth-order valence-corrected chi connectivity index (χ4v) is 1.12. The third kappa shape index (κ3) is 2.09. The lowest BCUT2D eigenvalue weighted by molar-refractivity contribution is 0.219. The molecule has 0 amide bonds. The van der Waals surface area contributed by atoms with Crippen molar-refractivity contribution in [3.05, 3.63) is 23.9 Å². The lowest BCUT2D eigenvalue weighted by Gasteiger charge is -2.24. The molecule has 0 spiro atoms. The van der Waals surface area contributed by atoms with E-state index in [-0.39, 0.29) is 12.5 Å². The lowest BCUT2D eigenvalue weighted by atomic mass is 10.0. The molecule has 1 aliphatic rings. The summed E-state index contributed by atoms with van der Waals surface area (Å²) < 4.78 is 0. The number of dihydropyridines is 1. The van der Waals surface area contributed by atoms with E-state index < -0.39 is 0 Å². The number of allylic oxidation sites excluding steroid dienone is 3. The van der Waals surface area contributed by atoms with Gasteiger partial charge in [0, 0.05) is 24.3 Å². The van der Waals surface area contributed by atoms with E-state index in [1.807, 2.05) is 26.0 Å². The lowest BCUT2D eigenvalue weighted by Crippen LogP contribution is -2.34. The zero-order valence-corrected chi connectivity index (χ0v) is 7.04. The van der Waals surface area contributed by atoms with Crippen molar-refractivity contribution in [3.8, 4) is 0 Å². The fourth-order valence-electron chi connectivity index (χ4n) is 1.12. The predicted molar refractivity (Wildman–Crippen MR) is 46.1 cm³/mol. The Labute approximate surface area is 67.6 Å². The van der Waals surface area contributed by atoms with Crippen LogP contribution in [-0.2, 0) is 0 Å². The Balaban J connectivity index is 2.52. The zero-order chi connectivity index (χ0) is 8.27. The molecule has 0 aromatic rings. The molecule has 0 aromatic carbocycles. The van der Waals surface area contributed by atoms with Crippen molar-refractivity contribution in [1.29, 1.82) is 0 Å². The molecular weight excluding hydrogens is 138 g/mol. The summed E-state index contributed by atoms with van der Waals surface area (Å²) in [5.74, 6) is 0.287. The summed E-state index contributed by atoms with van der Waals surface area (Å²) in [6, 6.07) is 0.296. The highest BCUT2D eigenvalue weighted by molar-refractivity contribution is 5.18. The molecular formula is C9H15NO. The summed E-state index contributed by atoms with van der Waals surface area (Å²) in [4.78, 5) is 0. The van der Waals surface area contributed by atoms with Gasteiger partial charge in [0.15, 0.2) is 0 Å². The van der Waals surface area contributed by atoms with Gasteiger partial charge in [-0.1, -0.05) is 19.1 Å². The second kappa shape index (κ2) is 3.58. The monoisotopic (exact) mass is 153 g/mol. The maximum Gasteiger partial charge on any atom is 0.0491 e. The second-order valence-electron chi connectivity index (χ2n) is 3.06. The van der Waals surface area contributed by atoms with Crippen LogP contribution in [0, 0.1) is 5.92 Å². The van der Waals surface area contributed by atoms with Gasteiger partial charge in [-0.3, -0.25) is 0 Å². The van der Waals surface area contributed by atoms with E-state index in [1.165, 1.54) is 0 Å². The van der Waals surface area contributed by atoms with E-state index in [9.17, 15) is 0 Å². The summed E-state index contributed by atoms with van der Waals surface area (Å²) in [5.41, 5.74) is 1.16. The molecule has 2 heteroatoms. The van der Waals surface area contributed by atoms with Gasteiger partial charge in [-0.15, -0.1) is 0 Å². The van der Waals surface area contributed by atoms with Crippen molar-refractivity contribution in [2.45, 2.75) is 19.9 Å². The number of aliphatic hydroxyl groups excluding tert-OH is 1. The van der Waals surface area contributed by atoms with Crippen LogP contribution >= 0.6 is 0 Å². The summed E-state index contributed by atoms with van der Waals surface area (Å²) in [6.07, 6.45) is 6.14. The SMILES string of the molecule is CC1=CC=C[C@H](C(C)CO)N1. The van der Waals surface area contributed by atoms with Crippen molar-refractivity contribution in [2.75, 3.05) is 6.61 Å². The molecule has 2 N–H and O–H groups in total. The van der Waals surface area contributed by atoms with E-state index in [4.69, 9.17) is 5.11 Å². The van der Waals surface area contributed by atoms with E-state index >= 15 is 0 Å². The summed E-state index contributed by atoms with van der Waals surface area (Å²) in [6.45, 7) is 4.29. The normalized spacial score (nSPS) is 25.7. The number of aliphatic hydroxyl groups is 1. The summed E-state index contributed by atoms with van der Waals surface area (Å²) in [5, 5.41) is 12.2. The van der Waals surface area contributed by atoms with Crippen LogP contribution in [0.15, 0.2) is 23.9 Å². The van der Waals surface area contributed by atoms with Gasteiger partial charge in [0.05, 0.1) is 0 Å². The molecule has 0 aliphatic carbocycles. The van der Waals surface area contributed by atoms with Gasteiger partial charge in [0.2, 0.25) is 0 Å². The topological polar surface area (TPSA) is 32.3 Å². The highest BCUT2D eigenvalue weighted by atomic mass is 16.3. The van der Waals surface area contributed by atoms with Gasteiger partial charge >= 0.3 is 0 Å². The van der Waals surface area contributed by atoms with Crippen LogP contribution in [0.1, 0.15) is 13.8 Å². The Kier molecular flexibility index (Phi) is 2.71. The van der Waals surface area contributed by atoms with E-state index in [0.29, 0.717) is 6.04 Å². The number of hydrogen-bond acceptors (Lipinski definition) is 2. The average molecular weight is 153 g/mol. The van der Waals surface area contributed by atoms with Gasteiger partial charge in [-0.2, -0.15) is 0 Å². The second-order valence-corrected chi connectivity index (χ2v) is 3.06. The van der Waals surface area contributed by atoms with Crippen molar-refractivity contribution in [3.63, 3.8) is 0 Å². The molecule has 2 atom stereocenters. The quantitative estimate of drug-likeness (QED) is 0.621. The molecule has 1 heterocycles. The number of rotatable bonds is 2. The van der Waals surface area contributed by atoms with Gasteiger partial charge in [-0.05, 0) is 13.0 Å². The molecule has 0 saturated heterocycles. The Morgan fingerprint density at radius 3 is 3.00 bits per heavy atom. The van der Waals surface area contributed by atoms with Crippen molar-refractivity contribution in [2.24, 2.45) is 5.92 Å². The first-order valence-electron chi connectivity index (χ1n) is 3.96. The Morgan fingerprint density at radius 1 is 1.73 bits per heavy atom. The van der Waals surface area contributed by atoms with Crippen LogP contribution in [0.5, 0.6) is 0 Å². The van der Waals surface area contributed by atoms with Crippen LogP contribution in [0.3, 0.4) is 0 Å². The average Bonchev–Trinajstić information content (AvgIpc) is 2.03. The van der Waals surface area contributed by atoms with Crippen molar-refractivity contribution in [1.82, 2.24) is 5.32 Å². The standard InChI is InChI=1S/C9H15NO/c1-7(6-11)9-5-3-4-8(2)10-9/h3-5,7,9-11H,6H2,1-2H3/t7?,9-/m1/s1. The molecule has 62 valence electrons. The zero-order valence-electron chi connectivity index (χ0n) is 7.04. The van der Waals surface area contributed by atoms with Gasteiger partial charge in [0.1, 0.15) is 0 Å². The van der Waals surface area contributed by atoms with E-state index in [0.717, 1.165) is 5.70 Å². The van der Waals surface area contributed by atoms with E-state index in [1.54, 1.807) is 0 Å². The predicted octanol–water partition coefficient (Wildman–Crippen LogP) is 1.05. The molecule has 1 unspecified atom stereocenters. The first kappa shape index (κ1) is 8.34. The highest BCUT2D eigenvalue weighted by Crippen LogP contribution is 2.09. The van der Waals surface area contributed by atoms with Crippen LogP contribution < -0.4 is 5.32 Å². The highest BCUT2D eigenvalue weighted by Gasteiger charge is 2.14. The van der Waals surface area contributed by atoms with Crippen LogP contribution in [-0.4, -0.2) is 17.8 Å². The maximum atomic E-state index is 8.88. The number of hydrogen-bond donors (Lipinski definition) is 2. The molecule has 2 nitrogen and oxygen atoms in total. The molecule has 0 radical (unpaired) electrons. The summed E-state index contributed by atoms with van der Waals surface area (Å²) in [7, 11) is 0. The van der Waals surface area contributed by atoms with Gasteiger partial charge < -0.3 is 10.4 Å².